The van der Waals surface area contributed by atoms with Gasteiger partial charge in [-0.2, -0.15) is 0 Å². The molecule has 1 heterocycles. The number of aromatic nitrogens is 2. The summed E-state index contributed by atoms with van der Waals surface area (Å²) in [7, 11) is 0. The van der Waals surface area contributed by atoms with E-state index in [1.165, 1.54) is 0 Å². The smallest absolute Gasteiger partial charge is 0.141 e. The number of fused-ring (bicyclic) bond motifs is 1. The molecule has 3 rings (SSSR count). The highest BCUT2D eigenvalue weighted by atomic mass is 16.5. The third-order valence-corrected chi connectivity index (χ3v) is 3.41. The van der Waals surface area contributed by atoms with Crippen molar-refractivity contribution >= 4 is 11.0 Å². The Balaban J connectivity index is 1.98. The molecule has 21 heavy (non-hydrogen) atoms. The summed E-state index contributed by atoms with van der Waals surface area (Å²) in [4.78, 5) is 4.76. The van der Waals surface area contributed by atoms with Crippen molar-refractivity contribution in [2.24, 2.45) is 5.73 Å². The predicted octanol–water partition coefficient (Wildman–Crippen LogP) is 2.68. The van der Waals surface area contributed by atoms with E-state index in [1.54, 1.807) is 0 Å². The summed E-state index contributed by atoms with van der Waals surface area (Å²) in [6.45, 7) is 2.55. The second-order valence-electron chi connectivity index (χ2n) is 4.84. The molecule has 0 aliphatic rings. The highest BCUT2D eigenvalue weighted by molar-refractivity contribution is 5.80. The number of hydrogen-bond acceptors (Lipinski definition) is 3. The summed E-state index contributed by atoms with van der Waals surface area (Å²) in [6, 6.07) is 18.4. The molecule has 2 aromatic carbocycles. The molecule has 0 spiro atoms. The zero-order valence-electron chi connectivity index (χ0n) is 11.9. The lowest BCUT2D eigenvalue weighted by Gasteiger charge is -2.09. The highest BCUT2D eigenvalue weighted by Gasteiger charge is 2.11. The van der Waals surface area contributed by atoms with Gasteiger partial charge in [-0.25, -0.2) is 4.98 Å². The minimum Gasteiger partial charge on any atom is -0.378 e. The van der Waals surface area contributed by atoms with Gasteiger partial charge >= 0.3 is 0 Å². The maximum Gasteiger partial charge on any atom is 0.141 e. The van der Waals surface area contributed by atoms with Gasteiger partial charge in [0.15, 0.2) is 0 Å². The fourth-order valence-electron chi connectivity index (χ4n) is 2.45. The Morgan fingerprint density at radius 1 is 0.952 bits per heavy atom. The molecule has 0 fully saturated rings. The first-order valence-corrected chi connectivity index (χ1v) is 7.18. The third-order valence-electron chi connectivity index (χ3n) is 3.41. The Bertz CT molecular complexity index is 706. The Morgan fingerprint density at radius 3 is 2.52 bits per heavy atom. The standard InChI is InChI=1S/C17H19N3O/c18-10-12-21-13-11-20-16-9-5-4-8-15(16)19-17(20)14-6-2-1-3-7-14/h1-9H,10-13,18H2. The number of ether oxygens (including phenoxy) is 1. The Labute approximate surface area is 124 Å². The summed E-state index contributed by atoms with van der Waals surface area (Å²) in [5.41, 5.74) is 8.71. The maximum absolute atomic E-state index is 5.52. The molecule has 0 aliphatic heterocycles. The second kappa shape index (κ2) is 6.52. The molecule has 0 saturated carbocycles. The summed E-state index contributed by atoms with van der Waals surface area (Å²) in [5, 5.41) is 0. The van der Waals surface area contributed by atoms with Crippen LogP contribution in [0.4, 0.5) is 0 Å². The minimum atomic E-state index is 0.552. The molecule has 0 bridgehead atoms. The molecule has 0 radical (unpaired) electrons. The molecule has 0 saturated heterocycles. The van der Waals surface area contributed by atoms with Crippen LogP contribution in [0.25, 0.3) is 22.4 Å². The van der Waals surface area contributed by atoms with Crippen molar-refractivity contribution in [1.29, 1.82) is 0 Å². The fraction of sp³-hybridized carbons (Fsp3) is 0.235. The summed E-state index contributed by atoms with van der Waals surface area (Å²) in [6.07, 6.45) is 0. The van der Waals surface area contributed by atoms with Crippen LogP contribution >= 0.6 is 0 Å². The number of nitrogens with zero attached hydrogens (tertiary/aromatic N) is 2. The maximum atomic E-state index is 5.52. The van der Waals surface area contributed by atoms with Gasteiger partial charge in [-0.1, -0.05) is 42.5 Å². The Morgan fingerprint density at radius 2 is 1.71 bits per heavy atom. The first-order valence-electron chi connectivity index (χ1n) is 7.18. The van der Waals surface area contributed by atoms with Gasteiger partial charge < -0.3 is 15.0 Å². The van der Waals surface area contributed by atoms with Crippen LogP contribution in [0.3, 0.4) is 0 Å². The van der Waals surface area contributed by atoms with Gasteiger partial charge in [0.2, 0.25) is 0 Å². The lowest BCUT2D eigenvalue weighted by molar-refractivity contribution is 0.134. The second-order valence-corrected chi connectivity index (χ2v) is 4.84. The van der Waals surface area contributed by atoms with Crippen LogP contribution in [0.2, 0.25) is 0 Å². The molecule has 0 amide bonds. The highest BCUT2D eigenvalue weighted by Crippen LogP contribution is 2.24. The molecule has 3 aromatic rings. The van der Waals surface area contributed by atoms with Gasteiger partial charge in [0, 0.05) is 18.7 Å². The minimum absolute atomic E-state index is 0.552. The molecular formula is C17H19N3O. The van der Waals surface area contributed by atoms with E-state index >= 15 is 0 Å². The van der Waals surface area contributed by atoms with Crippen molar-refractivity contribution in [3.63, 3.8) is 0 Å². The number of hydrogen-bond donors (Lipinski definition) is 1. The van der Waals surface area contributed by atoms with Crippen LogP contribution in [0.5, 0.6) is 0 Å². The zero-order chi connectivity index (χ0) is 14.5. The zero-order valence-corrected chi connectivity index (χ0v) is 11.9. The number of benzene rings is 2. The van der Waals surface area contributed by atoms with Gasteiger partial charge in [0.25, 0.3) is 0 Å². The average Bonchev–Trinajstić information content (AvgIpc) is 2.91. The molecule has 2 N–H and O–H groups in total. The van der Waals surface area contributed by atoms with Crippen molar-refractivity contribution in [3.05, 3.63) is 54.6 Å². The van der Waals surface area contributed by atoms with Crippen molar-refractivity contribution in [3.8, 4) is 11.4 Å². The van der Waals surface area contributed by atoms with E-state index in [4.69, 9.17) is 15.5 Å². The van der Waals surface area contributed by atoms with E-state index < -0.39 is 0 Å². The number of nitrogens with two attached hydrogens (primary N) is 1. The fourth-order valence-corrected chi connectivity index (χ4v) is 2.45. The van der Waals surface area contributed by atoms with E-state index in [0.717, 1.165) is 29.0 Å². The van der Waals surface area contributed by atoms with Crippen LogP contribution in [-0.2, 0) is 11.3 Å². The number of para-hydroxylation sites is 2. The predicted molar refractivity (Wildman–Crippen MR) is 85.0 cm³/mol. The molecule has 1 aromatic heterocycles. The van der Waals surface area contributed by atoms with E-state index in [2.05, 4.69) is 22.8 Å². The van der Waals surface area contributed by atoms with Gasteiger partial charge in [-0.05, 0) is 12.1 Å². The molecular weight excluding hydrogens is 262 g/mol. The molecule has 4 nitrogen and oxygen atoms in total. The summed E-state index contributed by atoms with van der Waals surface area (Å²) >= 11 is 0. The van der Waals surface area contributed by atoms with Gasteiger partial charge in [0.1, 0.15) is 5.82 Å². The van der Waals surface area contributed by atoms with Gasteiger partial charge in [0.05, 0.1) is 24.2 Å². The summed E-state index contributed by atoms with van der Waals surface area (Å²) < 4.78 is 7.73. The molecule has 4 heteroatoms. The van der Waals surface area contributed by atoms with Crippen molar-refractivity contribution < 1.29 is 4.74 Å². The third kappa shape index (κ3) is 2.96. The van der Waals surface area contributed by atoms with Crippen LogP contribution in [0.15, 0.2) is 54.6 Å². The van der Waals surface area contributed by atoms with Crippen LogP contribution in [-0.4, -0.2) is 29.3 Å². The number of rotatable bonds is 6. The monoisotopic (exact) mass is 281 g/mol. The summed E-state index contributed by atoms with van der Waals surface area (Å²) in [5.74, 6) is 0.980. The van der Waals surface area contributed by atoms with E-state index in [-0.39, 0.29) is 0 Å². The first kappa shape index (κ1) is 13.8. The molecule has 0 atom stereocenters. The van der Waals surface area contributed by atoms with Gasteiger partial charge in [-0.15, -0.1) is 0 Å². The lowest BCUT2D eigenvalue weighted by atomic mass is 10.2. The molecule has 0 aliphatic carbocycles. The topological polar surface area (TPSA) is 53.1 Å². The van der Waals surface area contributed by atoms with E-state index in [0.29, 0.717) is 19.8 Å². The largest absolute Gasteiger partial charge is 0.378 e. The lowest BCUT2D eigenvalue weighted by Crippen LogP contribution is -2.13. The first-order chi connectivity index (χ1) is 10.4. The molecule has 0 unspecified atom stereocenters. The quantitative estimate of drug-likeness (QED) is 0.707. The Hall–Kier alpha value is -2.17. The van der Waals surface area contributed by atoms with E-state index in [9.17, 15) is 0 Å². The van der Waals surface area contributed by atoms with Gasteiger partial charge in [-0.3, -0.25) is 0 Å². The number of imidazole rings is 1. The van der Waals surface area contributed by atoms with Crippen LogP contribution < -0.4 is 5.73 Å². The normalized spacial score (nSPS) is 11.1. The van der Waals surface area contributed by atoms with Crippen LogP contribution in [0, 0.1) is 0 Å². The van der Waals surface area contributed by atoms with Crippen molar-refractivity contribution in [1.82, 2.24) is 9.55 Å². The van der Waals surface area contributed by atoms with Crippen molar-refractivity contribution in [2.45, 2.75) is 6.54 Å². The molecule has 108 valence electrons. The Kier molecular flexibility index (Phi) is 4.28. The van der Waals surface area contributed by atoms with Crippen molar-refractivity contribution in [2.75, 3.05) is 19.8 Å². The SMILES string of the molecule is NCCOCCn1c(-c2ccccc2)nc2ccccc21. The van der Waals surface area contributed by atoms with Crippen LogP contribution in [0.1, 0.15) is 0 Å². The average molecular weight is 281 g/mol. The van der Waals surface area contributed by atoms with E-state index in [1.807, 2.05) is 36.4 Å².